The third kappa shape index (κ3) is 8.22. The minimum atomic E-state index is -1.20. The average molecular weight is 389 g/mol. The van der Waals surface area contributed by atoms with Crippen molar-refractivity contribution in [3.63, 3.8) is 0 Å². The molecule has 2 rings (SSSR count). The second-order valence-electron chi connectivity index (χ2n) is 9.61. The molecule has 0 aliphatic carbocycles. The lowest BCUT2D eigenvalue weighted by Gasteiger charge is -2.42. The Morgan fingerprint density at radius 1 is 0.800 bits per heavy atom. The smallest absolute Gasteiger partial charge is 0.303 e. The summed E-state index contributed by atoms with van der Waals surface area (Å²) < 4.78 is 23.4. The van der Waals surface area contributed by atoms with Crippen molar-refractivity contribution in [1.82, 2.24) is 0 Å². The first-order valence-corrected chi connectivity index (χ1v) is 17.2. The first-order chi connectivity index (χ1) is 11.8. The topological polar surface area (TPSA) is 36.9 Å². The molecule has 148 valence electrons. The third-order valence-corrected chi connectivity index (χ3v) is 8.58. The van der Waals surface area contributed by atoms with E-state index >= 15 is 0 Å². The predicted molar refractivity (Wildman–Crippen MR) is 108 cm³/mol. The molecule has 2 aliphatic rings. The Morgan fingerprint density at radius 3 is 1.72 bits per heavy atom. The van der Waals surface area contributed by atoms with Crippen molar-refractivity contribution in [2.45, 2.75) is 83.1 Å². The summed E-state index contributed by atoms with van der Waals surface area (Å²) in [6.45, 7) is 14.9. The Hall–Kier alpha value is 0.274. The SMILES string of the molecule is C[SiH](C)CCCCC1COC2(OC1)OCC(CCC[Si](C)(C)C)CO2. The van der Waals surface area contributed by atoms with Gasteiger partial charge < -0.3 is 18.9 Å². The normalized spacial score (nSPS) is 31.0. The van der Waals surface area contributed by atoms with Crippen LogP contribution in [-0.4, -0.2) is 49.5 Å². The fourth-order valence-electron chi connectivity index (χ4n) is 3.47. The Labute approximate surface area is 157 Å². The van der Waals surface area contributed by atoms with Crippen molar-refractivity contribution in [2.24, 2.45) is 11.8 Å². The molecule has 1 spiro atoms. The molecule has 0 aromatic heterocycles. The third-order valence-electron chi connectivity index (χ3n) is 5.17. The monoisotopic (exact) mass is 388 g/mol. The molecule has 0 radical (unpaired) electrons. The quantitative estimate of drug-likeness (QED) is 0.424. The summed E-state index contributed by atoms with van der Waals surface area (Å²) in [5.41, 5.74) is 0. The maximum absolute atomic E-state index is 5.86. The number of rotatable bonds is 9. The summed E-state index contributed by atoms with van der Waals surface area (Å²) >= 11 is 0. The molecule has 0 aromatic rings. The summed E-state index contributed by atoms with van der Waals surface area (Å²) in [7, 11) is -1.34. The summed E-state index contributed by atoms with van der Waals surface area (Å²) in [5.74, 6) is 0.966. The summed E-state index contributed by atoms with van der Waals surface area (Å²) in [4.78, 5) is 0. The van der Waals surface area contributed by atoms with Gasteiger partial charge in [-0.3, -0.25) is 0 Å². The van der Waals surface area contributed by atoms with Gasteiger partial charge in [0.25, 0.3) is 0 Å². The van der Waals surface area contributed by atoms with Gasteiger partial charge in [-0.2, -0.15) is 0 Å². The van der Waals surface area contributed by atoms with E-state index in [2.05, 4.69) is 32.7 Å². The molecule has 0 atom stereocenters. The van der Waals surface area contributed by atoms with Crippen LogP contribution in [0.4, 0.5) is 0 Å². The molecule has 25 heavy (non-hydrogen) atoms. The zero-order valence-electron chi connectivity index (χ0n) is 17.1. The number of hydrogen-bond acceptors (Lipinski definition) is 4. The highest BCUT2D eigenvalue weighted by molar-refractivity contribution is 6.76. The van der Waals surface area contributed by atoms with Crippen LogP contribution in [-0.2, 0) is 18.9 Å². The van der Waals surface area contributed by atoms with Crippen LogP contribution in [0.15, 0.2) is 0 Å². The number of unbranched alkanes of at least 4 members (excludes halogenated alkanes) is 1. The van der Waals surface area contributed by atoms with Crippen LogP contribution in [0.2, 0.25) is 44.8 Å². The second-order valence-corrected chi connectivity index (χ2v) is 18.6. The van der Waals surface area contributed by atoms with Crippen LogP contribution in [0, 0.1) is 11.8 Å². The molecule has 0 aromatic carbocycles. The number of ether oxygens (including phenoxy) is 4. The molecule has 0 saturated carbocycles. The van der Waals surface area contributed by atoms with Crippen LogP contribution in [0.1, 0.15) is 32.1 Å². The van der Waals surface area contributed by atoms with Gasteiger partial charge in [-0.05, 0) is 12.8 Å². The fourth-order valence-corrected chi connectivity index (χ4v) is 5.84. The van der Waals surface area contributed by atoms with E-state index in [1.165, 1.54) is 44.2 Å². The van der Waals surface area contributed by atoms with E-state index in [-0.39, 0.29) is 0 Å². The maximum atomic E-state index is 5.86. The molecule has 0 amide bonds. The molecule has 4 nitrogen and oxygen atoms in total. The highest BCUT2D eigenvalue weighted by Crippen LogP contribution is 2.32. The van der Waals surface area contributed by atoms with Gasteiger partial charge in [0.1, 0.15) is 0 Å². The van der Waals surface area contributed by atoms with Crippen molar-refractivity contribution >= 4 is 16.9 Å². The van der Waals surface area contributed by atoms with Crippen molar-refractivity contribution < 1.29 is 18.9 Å². The van der Waals surface area contributed by atoms with E-state index < -0.39 is 23.0 Å². The van der Waals surface area contributed by atoms with Crippen LogP contribution in [0.25, 0.3) is 0 Å². The standard InChI is InChI=1S/C19H40O4Si2/c1-24(2)11-7-6-9-17-13-20-19(21-14-17)22-15-18(16-23-19)10-8-12-25(3,4)5/h17-18,24H,6-16H2,1-5H3. The molecule has 2 saturated heterocycles. The van der Waals surface area contributed by atoms with E-state index in [4.69, 9.17) is 18.9 Å². The second kappa shape index (κ2) is 9.99. The van der Waals surface area contributed by atoms with Crippen molar-refractivity contribution in [3.8, 4) is 0 Å². The predicted octanol–water partition coefficient (Wildman–Crippen LogP) is 4.70. The Kier molecular flexibility index (Phi) is 8.62. The van der Waals surface area contributed by atoms with Crippen LogP contribution < -0.4 is 0 Å². The first-order valence-electron chi connectivity index (χ1n) is 10.3. The summed E-state index contributed by atoms with van der Waals surface area (Å²) in [5, 5.41) is 0. The average Bonchev–Trinajstić information content (AvgIpc) is 2.54. The van der Waals surface area contributed by atoms with Gasteiger partial charge in [-0.25, -0.2) is 0 Å². The molecule has 0 N–H and O–H groups in total. The van der Waals surface area contributed by atoms with Gasteiger partial charge in [0.15, 0.2) is 0 Å². The zero-order chi connectivity index (χ0) is 18.3. The summed E-state index contributed by atoms with van der Waals surface area (Å²) in [6.07, 6.45) is 5.10. The fraction of sp³-hybridized carbons (Fsp3) is 1.00. The van der Waals surface area contributed by atoms with Crippen molar-refractivity contribution in [1.29, 1.82) is 0 Å². The van der Waals surface area contributed by atoms with Crippen LogP contribution in [0.5, 0.6) is 0 Å². The van der Waals surface area contributed by atoms with Gasteiger partial charge >= 0.3 is 6.16 Å². The van der Waals surface area contributed by atoms with Crippen molar-refractivity contribution in [3.05, 3.63) is 0 Å². The van der Waals surface area contributed by atoms with Gasteiger partial charge in [0.2, 0.25) is 0 Å². The molecule has 2 heterocycles. The number of hydrogen-bond donors (Lipinski definition) is 0. The lowest BCUT2D eigenvalue weighted by Crippen LogP contribution is -2.53. The first kappa shape index (κ1) is 21.6. The lowest BCUT2D eigenvalue weighted by atomic mass is 10.0. The highest BCUT2D eigenvalue weighted by Gasteiger charge is 2.44. The minimum absolute atomic E-state index is 0.398. The molecule has 2 aliphatic heterocycles. The van der Waals surface area contributed by atoms with E-state index in [9.17, 15) is 0 Å². The van der Waals surface area contributed by atoms with Crippen molar-refractivity contribution in [2.75, 3.05) is 26.4 Å². The van der Waals surface area contributed by atoms with Gasteiger partial charge in [-0.15, -0.1) is 0 Å². The lowest BCUT2D eigenvalue weighted by molar-refractivity contribution is -0.535. The zero-order valence-corrected chi connectivity index (χ0v) is 19.3. The van der Waals surface area contributed by atoms with E-state index in [0.29, 0.717) is 38.3 Å². The van der Waals surface area contributed by atoms with E-state index in [1.807, 2.05) is 0 Å². The minimum Gasteiger partial charge on any atom is -0.303 e. The molecule has 0 bridgehead atoms. The largest absolute Gasteiger partial charge is 0.412 e. The summed E-state index contributed by atoms with van der Waals surface area (Å²) in [6, 6.07) is 2.83. The molecule has 2 fully saturated rings. The molecular formula is C19H40O4Si2. The van der Waals surface area contributed by atoms with Gasteiger partial charge in [-0.1, -0.05) is 64.1 Å². The Balaban J connectivity index is 1.59. The maximum Gasteiger partial charge on any atom is 0.412 e. The Bertz CT molecular complexity index is 366. The Morgan fingerprint density at radius 2 is 1.28 bits per heavy atom. The van der Waals surface area contributed by atoms with E-state index in [0.717, 1.165) is 0 Å². The van der Waals surface area contributed by atoms with Gasteiger partial charge in [0.05, 0.1) is 26.4 Å². The molecule has 6 heteroatoms. The molecular weight excluding hydrogens is 348 g/mol. The van der Waals surface area contributed by atoms with E-state index in [1.54, 1.807) is 0 Å². The van der Waals surface area contributed by atoms with Gasteiger partial charge in [0, 0.05) is 28.7 Å². The van der Waals surface area contributed by atoms with Crippen LogP contribution >= 0.6 is 0 Å². The molecule has 0 unspecified atom stereocenters. The van der Waals surface area contributed by atoms with Crippen LogP contribution in [0.3, 0.4) is 0 Å². The highest BCUT2D eigenvalue weighted by atomic mass is 28.3.